The first kappa shape index (κ1) is 7.61. The Balaban J connectivity index is 3.71. The van der Waals surface area contributed by atoms with Crippen molar-refractivity contribution >= 4 is 11.9 Å². The van der Waals surface area contributed by atoms with E-state index in [-0.39, 0.29) is 0 Å². The average Bonchev–Trinajstić information content (AvgIpc) is 1.83. The third kappa shape index (κ3) is 4.46. The second-order valence-corrected chi connectivity index (χ2v) is 1.07. The van der Waals surface area contributed by atoms with E-state index in [0.717, 1.165) is 0 Å². The molecular formula is C4H3FO4. The second-order valence-electron chi connectivity index (χ2n) is 1.07. The summed E-state index contributed by atoms with van der Waals surface area (Å²) >= 11 is 0. The molecule has 4 nitrogen and oxygen atoms in total. The smallest absolute Gasteiger partial charge is 0.372 e. The van der Waals surface area contributed by atoms with Crippen LogP contribution in [0.5, 0.6) is 0 Å². The van der Waals surface area contributed by atoms with Gasteiger partial charge in [0.15, 0.2) is 0 Å². The summed E-state index contributed by atoms with van der Waals surface area (Å²) in [5, 5.41) is 7.84. The fraction of sp³-hybridized carbons (Fsp3) is 0. The first-order valence-corrected chi connectivity index (χ1v) is 1.90. The summed E-state index contributed by atoms with van der Waals surface area (Å²) in [7, 11) is 0. The summed E-state index contributed by atoms with van der Waals surface area (Å²) in [6.45, 7) is 0. The third-order valence-corrected chi connectivity index (χ3v) is 0.438. The monoisotopic (exact) mass is 134 g/mol. The van der Waals surface area contributed by atoms with Gasteiger partial charge in [-0.2, -0.15) is 0 Å². The van der Waals surface area contributed by atoms with E-state index in [1.54, 1.807) is 0 Å². The maximum atomic E-state index is 10.7. The summed E-state index contributed by atoms with van der Waals surface area (Å²) in [4.78, 5) is 22.0. The maximum Gasteiger partial charge on any atom is 0.372 e. The highest BCUT2D eigenvalue weighted by Crippen LogP contribution is 1.80. The molecule has 0 heterocycles. The van der Waals surface area contributed by atoms with Gasteiger partial charge in [-0.1, -0.05) is 0 Å². The quantitative estimate of drug-likeness (QED) is 0.542. The summed E-state index contributed by atoms with van der Waals surface area (Å²) in [6.07, 6.45) is 0.935. The number of hydrogen-bond acceptors (Lipinski definition) is 3. The molecule has 0 bridgehead atoms. The van der Waals surface area contributed by atoms with Crippen LogP contribution in [0.4, 0.5) is 4.53 Å². The topological polar surface area (TPSA) is 63.6 Å². The Hall–Kier alpha value is -1.39. The lowest BCUT2D eigenvalue weighted by atomic mass is 10.5. The second kappa shape index (κ2) is 3.59. The average molecular weight is 134 g/mol. The minimum Gasteiger partial charge on any atom is -0.478 e. The van der Waals surface area contributed by atoms with Crippen molar-refractivity contribution in [1.82, 2.24) is 0 Å². The van der Waals surface area contributed by atoms with Crippen LogP contribution in [0.1, 0.15) is 0 Å². The molecule has 50 valence electrons. The van der Waals surface area contributed by atoms with Gasteiger partial charge < -0.3 is 5.11 Å². The lowest BCUT2D eigenvalue weighted by molar-refractivity contribution is -0.176. The molecule has 0 aromatic rings. The lowest BCUT2D eigenvalue weighted by Gasteiger charge is -1.79. The molecule has 0 fully saturated rings. The van der Waals surface area contributed by atoms with E-state index in [0.29, 0.717) is 12.2 Å². The Labute approximate surface area is 49.4 Å². The largest absolute Gasteiger partial charge is 0.478 e. The molecule has 0 aliphatic rings. The molecule has 0 aromatic heterocycles. The van der Waals surface area contributed by atoms with Crippen molar-refractivity contribution in [3.05, 3.63) is 12.2 Å². The molecule has 9 heavy (non-hydrogen) atoms. The van der Waals surface area contributed by atoms with Gasteiger partial charge in [-0.05, 0) is 0 Å². The SMILES string of the molecule is O=C(O)/C=C/C(=O)OF. The first-order chi connectivity index (χ1) is 4.16. The Morgan fingerprint density at radius 3 is 2.33 bits per heavy atom. The van der Waals surface area contributed by atoms with E-state index in [2.05, 4.69) is 4.94 Å². The van der Waals surface area contributed by atoms with Gasteiger partial charge in [-0.15, -0.1) is 0 Å². The molecule has 0 aromatic carbocycles. The predicted molar refractivity (Wildman–Crippen MR) is 24.0 cm³/mol. The van der Waals surface area contributed by atoms with Crippen molar-refractivity contribution in [3.63, 3.8) is 0 Å². The number of aliphatic carboxylic acids is 1. The molecule has 0 amide bonds. The molecular weight excluding hydrogens is 131 g/mol. The van der Waals surface area contributed by atoms with E-state index in [1.165, 1.54) is 0 Å². The van der Waals surface area contributed by atoms with Gasteiger partial charge in [0.25, 0.3) is 0 Å². The number of carboxylic acid groups (broad SMARTS) is 1. The fourth-order valence-corrected chi connectivity index (χ4v) is 0.165. The summed E-state index contributed by atoms with van der Waals surface area (Å²) in [6, 6.07) is 0. The zero-order valence-electron chi connectivity index (χ0n) is 4.20. The van der Waals surface area contributed by atoms with E-state index < -0.39 is 11.9 Å². The molecule has 0 atom stereocenters. The van der Waals surface area contributed by atoms with Crippen LogP contribution in [0.3, 0.4) is 0 Å². The van der Waals surface area contributed by atoms with Crippen LogP contribution >= 0.6 is 0 Å². The molecule has 5 heteroatoms. The standard InChI is InChI=1S/C4H3FO4/c5-9-4(8)2-1-3(6)7/h1-2H,(H,6,7)/b2-1+. The zero-order valence-corrected chi connectivity index (χ0v) is 4.20. The Morgan fingerprint density at radius 1 is 1.44 bits per heavy atom. The summed E-state index contributed by atoms with van der Waals surface area (Å²) < 4.78 is 10.7. The molecule has 1 N–H and O–H groups in total. The van der Waals surface area contributed by atoms with Crippen LogP contribution in [0.15, 0.2) is 12.2 Å². The van der Waals surface area contributed by atoms with E-state index in [1.807, 2.05) is 0 Å². The van der Waals surface area contributed by atoms with Gasteiger partial charge in [-0.25, -0.2) is 9.59 Å². The van der Waals surface area contributed by atoms with E-state index in [4.69, 9.17) is 5.11 Å². The number of halogens is 1. The Kier molecular flexibility index (Phi) is 3.04. The number of carbonyl (C=O) groups is 2. The van der Waals surface area contributed by atoms with Gasteiger partial charge in [0.2, 0.25) is 0 Å². The van der Waals surface area contributed by atoms with Crippen molar-refractivity contribution in [2.24, 2.45) is 0 Å². The highest BCUT2D eigenvalue weighted by molar-refractivity contribution is 5.90. The van der Waals surface area contributed by atoms with Crippen LogP contribution in [0.25, 0.3) is 0 Å². The third-order valence-electron chi connectivity index (χ3n) is 0.438. The maximum absolute atomic E-state index is 10.7. The van der Waals surface area contributed by atoms with Gasteiger partial charge in [0, 0.05) is 16.7 Å². The Morgan fingerprint density at radius 2 is 2.00 bits per heavy atom. The fourth-order valence-electron chi connectivity index (χ4n) is 0.165. The van der Waals surface area contributed by atoms with Crippen molar-refractivity contribution in [3.8, 4) is 0 Å². The molecule has 0 aliphatic heterocycles. The number of hydrogen-bond donors (Lipinski definition) is 1. The van der Waals surface area contributed by atoms with Crippen molar-refractivity contribution in [2.45, 2.75) is 0 Å². The minimum absolute atomic E-state index is 0.461. The van der Waals surface area contributed by atoms with Gasteiger partial charge in [0.05, 0.1) is 0 Å². The Bertz CT molecular complexity index is 151. The van der Waals surface area contributed by atoms with E-state index >= 15 is 0 Å². The molecule has 0 aliphatic carbocycles. The van der Waals surface area contributed by atoms with Crippen LogP contribution in [-0.2, 0) is 14.5 Å². The predicted octanol–water partition coefficient (Wildman–Crippen LogP) is 0.0549. The number of rotatable bonds is 2. The lowest BCUT2D eigenvalue weighted by Crippen LogP contribution is -1.94. The molecule has 0 saturated heterocycles. The van der Waals surface area contributed by atoms with Crippen molar-refractivity contribution in [1.29, 1.82) is 0 Å². The molecule has 0 rings (SSSR count). The normalized spacial score (nSPS) is 9.44. The van der Waals surface area contributed by atoms with Crippen LogP contribution in [0.2, 0.25) is 0 Å². The molecule has 0 radical (unpaired) electrons. The van der Waals surface area contributed by atoms with Crippen molar-refractivity contribution < 1.29 is 24.2 Å². The molecule has 0 unspecified atom stereocenters. The van der Waals surface area contributed by atoms with Gasteiger partial charge in [0.1, 0.15) is 0 Å². The zero-order chi connectivity index (χ0) is 7.28. The minimum atomic E-state index is -1.34. The summed E-state index contributed by atoms with van der Waals surface area (Å²) in [5.74, 6) is -2.67. The first-order valence-electron chi connectivity index (χ1n) is 1.90. The van der Waals surface area contributed by atoms with Gasteiger partial charge in [-0.3, -0.25) is 4.94 Å². The van der Waals surface area contributed by atoms with Gasteiger partial charge >= 0.3 is 11.9 Å². The number of carboxylic acids is 1. The molecule has 0 saturated carbocycles. The number of carbonyl (C=O) groups excluding carboxylic acids is 1. The van der Waals surface area contributed by atoms with Crippen LogP contribution in [0, 0.1) is 0 Å². The molecule has 0 spiro atoms. The summed E-state index contributed by atoms with van der Waals surface area (Å²) in [5.41, 5.74) is 0. The highest BCUT2D eigenvalue weighted by Gasteiger charge is 1.95. The van der Waals surface area contributed by atoms with Crippen molar-refractivity contribution in [2.75, 3.05) is 0 Å². The van der Waals surface area contributed by atoms with Crippen LogP contribution in [-0.4, -0.2) is 17.0 Å². The highest BCUT2D eigenvalue weighted by atomic mass is 19.3. The van der Waals surface area contributed by atoms with E-state index in [9.17, 15) is 14.1 Å². The van der Waals surface area contributed by atoms with Crippen LogP contribution < -0.4 is 0 Å².